The Hall–Kier alpha value is -1.06. The summed E-state index contributed by atoms with van der Waals surface area (Å²) < 4.78 is 6.01. The zero-order valence-electron chi connectivity index (χ0n) is 23.0. The molecule has 1 N–H and O–H groups in total. The van der Waals surface area contributed by atoms with Crippen LogP contribution in [0, 0.1) is 23.7 Å². The lowest BCUT2D eigenvalue weighted by Gasteiger charge is -2.27. The topological polar surface area (TPSA) is 63.6 Å². The van der Waals surface area contributed by atoms with Crippen LogP contribution in [0.15, 0.2) is 0 Å². The second-order valence-corrected chi connectivity index (χ2v) is 11.8. The van der Waals surface area contributed by atoms with Gasteiger partial charge in [-0.15, -0.1) is 0 Å². The largest absolute Gasteiger partial charge is 0.481 e. The molecule has 0 aliphatic heterocycles. The molecular formula is C30H56O4. The number of carboxylic acid groups (broad SMARTS) is 1. The van der Waals surface area contributed by atoms with Crippen LogP contribution in [0.5, 0.6) is 0 Å². The standard InChI is InChI=1S/C30H56O4/c1-24(2)17-12-9-7-5-6-8-10-14-21-28(22-15-11-13-18-25(3)4)34-30(33)27-20-16-19-26(23-27)29(31)32/h24-28H,5-23H2,1-4H3,(H,31,32). The summed E-state index contributed by atoms with van der Waals surface area (Å²) in [6.07, 6.45) is 21.2. The molecule has 1 fully saturated rings. The normalized spacial score (nSPS) is 19.5. The van der Waals surface area contributed by atoms with E-state index in [4.69, 9.17) is 4.74 Å². The number of aliphatic carboxylic acids is 1. The van der Waals surface area contributed by atoms with Gasteiger partial charge in [0.1, 0.15) is 6.10 Å². The van der Waals surface area contributed by atoms with E-state index in [1.54, 1.807) is 0 Å². The molecule has 0 aromatic heterocycles. The Bertz CT molecular complexity index is 528. The fraction of sp³-hybridized carbons (Fsp3) is 0.933. The molecule has 4 nitrogen and oxygen atoms in total. The van der Waals surface area contributed by atoms with Crippen LogP contribution < -0.4 is 0 Å². The first-order valence-electron chi connectivity index (χ1n) is 14.7. The van der Waals surface area contributed by atoms with Gasteiger partial charge in [-0.1, -0.05) is 105 Å². The number of unbranched alkanes of at least 4 members (excludes halogenated alkanes) is 9. The molecule has 0 amide bonds. The molecule has 1 rings (SSSR count). The summed E-state index contributed by atoms with van der Waals surface area (Å²) in [6.45, 7) is 9.14. The van der Waals surface area contributed by atoms with Crippen molar-refractivity contribution in [3.05, 3.63) is 0 Å². The van der Waals surface area contributed by atoms with Crippen LogP contribution in [-0.4, -0.2) is 23.1 Å². The van der Waals surface area contributed by atoms with E-state index in [0.717, 1.165) is 50.4 Å². The van der Waals surface area contributed by atoms with Crippen LogP contribution in [0.2, 0.25) is 0 Å². The summed E-state index contributed by atoms with van der Waals surface area (Å²) in [7, 11) is 0. The van der Waals surface area contributed by atoms with Crippen LogP contribution in [0.25, 0.3) is 0 Å². The quantitative estimate of drug-likeness (QED) is 0.139. The van der Waals surface area contributed by atoms with Crippen molar-refractivity contribution in [2.75, 3.05) is 0 Å². The molecule has 3 unspecified atom stereocenters. The summed E-state index contributed by atoms with van der Waals surface area (Å²) in [5.41, 5.74) is 0. The van der Waals surface area contributed by atoms with Gasteiger partial charge in [0.05, 0.1) is 11.8 Å². The second-order valence-electron chi connectivity index (χ2n) is 11.8. The van der Waals surface area contributed by atoms with Crippen molar-refractivity contribution in [1.29, 1.82) is 0 Å². The predicted molar refractivity (Wildman–Crippen MR) is 142 cm³/mol. The average Bonchev–Trinajstić information content (AvgIpc) is 2.79. The Morgan fingerprint density at radius 1 is 0.676 bits per heavy atom. The minimum absolute atomic E-state index is 0.00721. The second kappa shape index (κ2) is 19.2. The van der Waals surface area contributed by atoms with Gasteiger partial charge in [-0.25, -0.2) is 0 Å². The Morgan fingerprint density at radius 2 is 1.09 bits per heavy atom. The van der Waals surface area contributed by atoms with E-state index in [1.807, 2.05) is 0 Å². The molecule has 0 radical (unpaired) electrons. The number of hydrogen-bond acceptors (Lipinski definition) is 3. The van der Waals surface area contributed by atoms with Crippen molar-refractivity contribution < 1.29 is 19.4 Å². The molecule has 0 spiro atoms. The smallest absolute Gasteiger partial charge is 0.309 e. The van der Waals surface area contributed by atoms with E-state index in [2.05, 4.69) is 27.7 Å². The molecule has 0 aromatic rings. The van der Waals surface area contributed by atoms with Gasteiger partial charge < -0.3 is 9.84 Å². The van der Waals surface area contributed by atoms with Gasteiger partial charge in [-0.05, 0) is 56.8 Å². The van der Waals surface area contributed by atoms with Gasteiger partial charge in [0.15, 0.2) is 0 Å². The molecule has 1 aliphatic rings. The first-order valence-corrected chi connectivity index (χ1v) is 14.7. The van der Waals surface area contributed by atoms with Gasteiger partial charge >= 0.3 is 11.9 Å². The van der Waals surface area contributed by atoms with Gasteiger partial charge in [0, 0.05) is 0 Å². The number of hydrogen-bond donors (Lipinski definition) is 1. The first kappa shape index (κ1) is 31.0. The maximum absolute atomic E-state index is 12.8. The molecule has 34 heavy (non-hydrogen) atoms. The summed E-state index contributed by atoms with van der Waals surface area (Å²) in [4.78, 5) is 24.2. The third kappa shape index (κ3) is 15.8. The van der Waals surface area contributed by atoms with Gasteiger partial charge in [0.2, 0.25) is 0 Å². The Balaban J connectivity index is 2.33. The number of carboxylic acids is 1. The maximum atomic E-state index is 12.8. The highest BCUT2D eigenvalue weighted by Crippen LogP contribution is 2.31. The molecule has 1 saturated carbocycles. The third-order valence-corrected chi connectivity index (χ3v) is 7.50. The molecule has 4 heteroatoms. The Morgan fingerprint density at radius 3 is 1.56 bits per heavy atom. The molecular weight excluding hydrogens is 424 g/mol. The minimum atomic E-state index is -0.765. The van der Waals surface area contributed by atoms with E-state index in [-0.39, 0.29) is 23.9 Å². The highest BCUT2D eigenvalue weighted by molar-refractivity contribution is 5.75. The lowest BCUT2D eigenvalue weighted by Crippen LogP contribution is -2.31. The van der Waals surface area contributed by atoms with Crippen molar-refractivity contribution in [2.24, 2.45) is 23.7 Å². The van der Waals surface area contributed by atoms with E-state index < -0.39 is 5.97 Å². The fourth-order valence-corrected chi connectivity index (χ4v) is 5.24. The van der Waals surface area contributed by atoms with Crippen molar-refractivity contribution >= 4 is 11.9 Å². The summed E-state index contributed by atoms with van der Waals surface area (Å²) in [5, 5.41) is 9.34. The highest BCUT2D eigenvalue weighted by Gasteiger charge is 2.32. The van der Waals surface area contributed by atoms with Gasteiger partial charge in [0.25, 0.3) is 0 Å². The summed E-state index contributed by atoms with van der Waals surface area (Å²) in [5.74, 6) is 0.0603. The van der Waals surface area contributed by atoms with E-state index in [0.29, 0.717) is 12.8 Å². The predicted octanol–water partition coefficient (Wildman–Crippen LogP) is 8.95. The number of carbonyl (C=O) groups excluding carboxylic acids is 1. The molecule has 0 saturated heterocycles. The van der Waals surface area contributed by atoms with Crippen LogP contribution in [0.3, 0.4) is 0 Å². The first-order chi connectivity index (χ1) is 16.3. The molecule has 0 heterocycles. The highest BCUT2D eigenvalue weighted by atomic mass is 16.5. The van der Waals surface area contributed by atoms with Crippen molar-refractivity contribution in [3.63, 3.8) is 0 Å². The van der Waals surface area contributed by atoms with Crippen LogP contribution >= 0.6 is 0 Å². The monoisotopic (exact) mass is 480 g/mol. The van der Waals surface area contributed by atoms with Crippen molar-refractivity contribution in [3.8, 4) is 0 Å². The average molecular weight is 481 g/mol. The van der Waals surface area contributed by atoms with E-state index >= 15 is 0 Å². The van der Waals surface area contributed by atoms with Crippen molar-refractivity contribution in [1.82, 2.24) is 0 Å². The molecule has 200 valence electrons. The Kier molecular flexibility index (Phi) is 17.5. The zero-order chi connectivity index (χ0) is 25.2. The van der Waals surface area contributed by atoms with Crippen LogP contribution in [0.1, 0.15) is 150 Å². The third-order valence-electron chi connectivity index (χ3n) is 7.50. The summed E-state index contributed by atoms with van der Waals surface area (Å²) >= 11 is 0. The van der Waals surface area contributed by atoms with Crippen molar-refractivity contribution in [2.45, 2.75) is 156 Å². The SMILES string of the molecule is CC(C)CCCCCCCCCCC(CCCCCC(C)C)OC(=O)C1CCCC(C(=O)O)C1. The lowest BCUT2D eigenvalue weighted by atomic mass is 9.81. The van der Waals surface area contributed by atoms with Crippen LogP contribution in [-0.2, 0) is 14.3 Å². The molecule has 0 aromatic carbocycles. The van der Waals surface area contributed by atoms with E-state index in [1.165, 1.54) is 70.6 Å². The number of rotatable bonds is 20. The molecule has 1 aliphatic carbocycles. The number of esters is 1. The number of ether oxygens (including phenoxy) is 1. The zero-order valence-corrected chi connectivity index (χ0v) is 23.0. The summed E-state index contributed by atoms with van der Waals surface area (Å²) in [6, 6.07) is 0. The lowest BCUT2D eigenvalue weighted by molar-refractivity contribution is -0.158. The maximum Gasteiger partial charge on any atom is 0.309 e. The Labute approximate surface area is 211 Å². The minimum Gasteiger partial charge on any atom is -0.481 e. The van der Waals surface area contributed by atoms with Crippen LogP contribution in [0.4, 0.5) is 0 Å². The van der Waals surface area contributed by atoms with E-state index in [9.17, 15) is 14.7 Å². The van der Waals surface area contributed by atoms with Gasteiger partial charge in [-0.2, -0.15) is 0 Å². The van der Waals surface area contributed by atoms with Gasteiger partial charge in [-0.3, -0.25) is 9.59 Å². The number of carbonyl (C=O) groups is 2. The molecule has 0 bridgehead atoms. The fourth-order valence-electron chi connectivity index (χ4n) is 5.24. The molecule has 3 atom stereocenters.